The second-order valence-electron chi connectivity index (χ2n) is 6.95. The van der Waals surface area contributed by atoms with Gasteiger partial charge in [0.2, 0.25) is 5.91 Å². The molecule has 1 amide bonds. The van der Waals surface area contributed by atoms with Crippen LogP contribution in [-0.2, 0) is 11.3 Å². The van der Waals surface area contributed by atoms with E-state index in [0.29, 0.717) is 19.1 Å². The van der Waals surface area contributed by atoms with Gasteiger partial charge in [-0.3, -0.25) is 9.69 Å². The van der Waals surface area contributed by atoms with Gasteiger partial charge < -0.3 is 9.73 Å². The zero-order chi connectivity index (χ0) is 16.2. The number of carbonyl (C=O) groups is 1. The number of amides is 1. The number of hydrogen-bond donors (Lipinski definition) is 1. The van der Waals surface area contributed by atoms with E-state index >= 15 is 0 Å². The van der Waals surface area contributed by atoms with Gasteiger partial charge in [0.05, 0.1) is 13.1 Å². The first-order valence-corrected chi connectivity index (χ1v) is 8.55. The summed E-state index contributed by atoms with van der Waals surface area (Å²) < 4.78 is 5.81. The lowest BCUT2D eigenvalue weighted by Gasteiger charge is -2.27. The molecular weight excluding hydrogens is 288 g/mol. The molecule has 1 aromatic heterocycles. The van der Waals surface area contributed by atoms with Gasteiger partial charge in [0, 0.05) is 11.4 Å². The molecule has 0 saturated heterocycles. The summed E-state index contributed by atoms with van der Waals surface area (Å²) in [5.74, 6) is 1.81. The van der Waals surface area contributed by atoms with Crippen LogP contribution in [0, 0.1) is 5.92 Å². The number of hydrogen-bond acceptors (Lipinski definition) is 3. The van der Waals surface area contributed by atoms with Gasteiger partial charge in [-0.15, -0.1) is 0 Å². The lowest BCUT2D eigenvalue weighted by Crippen LogP contribution is -2.42. The van der Waals surface area contributed by atoms with E-state index in [2.05, 4.69) is 12.2 Å². The number of nitrogens with zero attached hydrogens (tertiary/aromatic N) is 1. The third-order valence-corrected chi connectivity index (χ3v) is 4.70. The summed E-state index contributed by atoms with van der Waals surface area (Å²) in [5.41, 5.74) is 0.900. The first kappa shape index (κ1) is 16.1. The molecule has 1 fully saturated rings. The topological polar surface area (TPSA) is 45.5 Å². The van der Waals surface area contributed by atoms with E-state index in [1.165, 1.54) is 12.8 Å². The summed E-state index contributed by atoms with van der Waals surface area (Å²) in [5, 5.41) is 4.28. The molecular formula is C19H26N2O2. The lowest BCUT2D eigenvalue weighted by molar-refractivity contribution is -0.123. The Morgan fingerprint density at radius 3 is 2.74 bits per heavy atom. The van der Waals surface area contributed by atoms with Gasteiger partial charge in [0.1, 0.15) is 11.3 Å². The summed E-state index contributed by atoms with van der Waals surface area (Å²) in [7, 11) is 1.95. The van der Waals surface area contributed by atoms with Crippen molar-refractivity contribution in [2.75, 3.05) is 13.6 Å². The van der Waals surface area contributed by atoms with Crippen LogP contribution in [0.5, 0.6) is 0 Å². The summed E-state index contributed by atoms with van der Waals surface area (Å²) >= 11 is 0. The normalized spacial score (nSPS) is 21.7. The number of carbonyl (C=O) groups excluding carboxylic acids is 1. The molecule has 0 bridgehead atoms. The predicted octanol–water partition coefficient (Wildman–Crippen LogP) is 3.56. The molecule has 1 aromatic carbocycles. The average molecular weight is 314 g/mol. The molecule has 0 radical (unpaired) electrons. The summed E-state index contributed by atoms with van der Waals surface area (Å²) in [6.07, 6.45) is 4.67. The molecule has 1 aliphatic rings. The van der Waals surface area contributed by atoms with E-state index in [0.717, 1.165) is 35.5 Å². The van der Waals surface area contributed by atoms with Crippen LogP contribution in [0.4, 0.5) is 0 Å². The van der Waals surface area contributed by atoms with Crippen LogP contribution in [0.1, 0.15) is 38.4 Å². The van der Waals surface area contributed by atoms with Crippen molar-refractivity contribution in [3.8, 4) is 0 Å². The third-order valence-electron chi connectivity index (χ3n) is 4.70. The molecule has 0 spiro atoms. The zero-order valence-corrected chi connectivity index (χ0v) is 14.0. The lowest BCUT2D eigenvalue weighted by atomic mass is 9.87. The van der Waals surface area contributed by atoms with E-state index in [9.17, 15) is 4.79 Å². The molecule has 4 heteroatoms. The predicted molar refractivity (Wildman–Crippen MR) is 92.1 cm³/mol. The fourth-order valence-corrected chi connectivity index (χ4v) is 3.36. The molecule has 0 aliphatic heterocycles. The maximum absolute atomic E-state index is 12.2. The maximum atomic E-state index is 12.2. The molecule has 4 nitrogen and oxygen atoms in total. The quantitative estimate of drug-likeness (QED) is 0.918. The van der Waals surface area contributed by atoms with Crippen molar-refractivity contribution in [1.29, 1.82) is 0 Å². The van der Waals surface area contributed by atoms with Gasteiger partial charge in [-0.2, -0.15) is 0 Å². The Hall–Kier alpha value is -1.81. The van der Waals surface area contributed by atoms with Gasteiger partial charge in [0.15, 0.2) is 0 Å². The molecule has 23 heavy (non-hydrogen) atoms. The van der Waals surface area contributed by atoms with Crippen LogP contribution in [0.3, 0.4) is 0 Å². The standard InChI is InChI=1S/C19H26N2O2/c1-14-7-9-16(10-8-14)20-19(22)13-21(2)12-17-11-15-5-3-4-6-18(15)23-17/h3-6,11,14,16H,7-10,12-13H2,1-2H3,(H,20,22). The van der Waals surface area contributed by atoms with E-state index in [1.807, 2.05) is 42.3 Å². The average Bonchev–Trinajstić information content (AvgIpc) is 2.91. The molecule has 1 saturated carbocycles. The van der Waals surface area contributed by atoms with Crippen molar-refractivity contribution < 1.29 is 9.21 Å². The Bertz CT molecular complexity index is 623. The number of nitrogens with one attached hydrogen (secondary N) is 1. The number of fused-ring (bicyclic) bond motifs is 1. The van der Waals surface area contributed by atoms with Crippen molar-refractivity contribution >= 4 is 16.9 Å². The van der Waals surface area contributed by atoms with Crippen LogP contribution in [0.15, 0.2) is 34.7 Å². The minimum atomic E-state index is 0.114. The smallest absolute Gasteiger partial charge is 0.234 e. The number of likely N-dealkylation sites (N-methyl/N-ethyl adjacent to an activating group) is 1. The van der Waals surface area contributed by atoms with Crippen LogP contribution in [0.25, 0.3) is 11.0 Å². The van der Waals surface area contributed by atoms with Crippen molar-refractivity contribution in [2.24, 2.45) is 5.92 Å². The van der Waals surface area contributed by atoms with Gasteiger partial charge in [-0.1, -0.05) is 25.1 Å². The van der Waals surface area contributed by atoms with Crippen molar-refractivity contribution in [3.05, 3.63) is 36.1 Å². The largest absolute Gasteiger partial charge is 0.460 e. The summed E-state index contributed by atoms with van der Waals surface area (Å²) in [6.45, 7) is 3.34. The van der Waals surface area contributed by atoms with Crippen LogP contribution < -0.4 is 5.32 Å². The molecule has 0 atom stereocenters. The molecule has 2 aromatic rings. The number of furan rings is 1. The Balaban J connectivity index is 1.48. The van der Waals surface area contributed by atoms with E-state index in [-0.39, 0.29) is 5.91 Å². The van der Waals surface area contributed by atoms with E-state index in [4.69, 9.17) is 4.42 Å². The highest BCUT2D eigenvalue weighted by Gasteiger charge is 2.20. The highest BCUT2D eigenvalue weighted by Crippen LogP contribution is 2.23. The molecule has 124 valence electrons. The molecule has 1 heterocycles. The summed E-state index contributed by atoms with van der Waals surface area (Å²) in [4.78, 5) is 14.2. The first-order valence-electron chi connectivity index (χ1n) is 8.55. The first-order chi connectivity index (χ1) is 11.1. The second-order valence-corrected chi connectivity index (χ2v) is 6.95. The van der Waals surface area contributed by atoms with Crippen LogP contribution >= 0.6 is 0 Å². The third kappa shape index (κ3) is 4.35. The highest BCUT2D eigenvalue weighted by molar-refractivity contribution is 5.79. The van der Waals surface area contributed by atoms with Gasteiger partial charge >= 0.3 is 0 Å². The number of benzene rings is 1. The Morgan fingerprint density at radius 2 is 2.00 bits per heavy atom. The monoisotopic (exact) mass is 314 g/mol. The molecule has 1 N–H and O–H groups in total. The second kappa shape index (κ2) is 7.18. The SMILES string of the molecule is CC1CCC(NC(=O)CN(C)Cc2cc3ccccc3o2)CC1. The van der Waals surface area contributed by atoms with Crippen molar-refractivity contribution in [1.82, 2.24) is 10.2 Å². The highest BCUT2D eigenvalue weighted by atomic mass is 16.3. The number of rotatable bonds is 5. The minimum absolute atomic E-state index is 0.114. The van der Waals surface area contributed by atoms with Gasteiger partial charge in [0.25, 0.3) is 0 Å². The Labute approximate surface area is 137 Å². The van der Waals surface area contributed by atoms with E-state index < -0.39 is 0 Å². The minimum Gasteiger partial charge on any atom is -0.460 e. The van der Waals surface area contributed by atoms with Crippen molar-refractivity contribution in [2.45, 2.75) is 45.2 Å². The van der Waals surface area contributed by atoms with Gasteiger partial charge in [-0.25, -0.2) is 0 Å². The van der Waals surface area contributed by atoms with E-state index in [1.54, 1.807) is 0 Å². The van der Waals surface area contributed by atoms with Crippen LogP contribution in [-0.4, -0.2) is 30.4 Å². The Kier molecular flexibility index (Phi) is 5.01. The fraction of sp³-hybridized carbons (Fsp3) is 0.526. The maximum Gasteiger partial charge on any atom is 0.234 e. The summed E-state index contributed by atoms with van der Waals surface area (Å²) in [6, 6.07) is 10.4. The molecule has 1 aliphatic carbocycles. The fourth-order valence-electron chi connectivity index (χ4n) is 3.36. The molecule has 3 rings (SSSR count). The number of para-hydroxylation sites is 1. The Morgan fingerprint density at radius 1 is 1.26 bits per heavy atom. The van der Waals surface area contributed by atoms with Gasteiger partial charge in [-0.05, 0) is 50.8 Å². The zero-order valence-electron chi connectivity index (χ0n) is 14.0. The molecule has 0 unspecified atom stereocenters. The van der Waals surface area contributed by atoms with Crippen LogP contribution in [0.2, 0.25) is 0 Å². The van der Waals surface area contributed by atoms with Crippen molar-refractivity contribution in [3.63, 3.8) is 0 Å².